The Morgan fingerprint density at radius 1 is 0.925 bits per heavy atom. The second-order valence-electron chi connectivity index (χ2n) is 10.3. The van der Waals surface area contributed by atoms with E-state index in [1.165, 1.54) is 0 Å². The fourth-order valence-electron chi connectivity index (χ4n) is 5.33. The highest BCUT2D eigenvalue weighted by atomic mass is 19.3. The lowest BCUT2D eigenvalue weighted by molar-refractivity contribution is -0.163. The van der Waals surface area contributed by atoms with Crippen molar-refractivity contribution < 1.29 is 33.0 Å². The molecule has 3 aromatic carbocycles. The zero-order valence-corrected chi connectivity index (χ0v) is 21.8. The van der Waals surface area contributed by atoms with Crippen LogP contribution >= 0.6 is 0 Å². The van der Waals surface area contributed by atoms with Gasteiger partial charge in [0.05, 0.1) is 6.42 Å². The first-order chi connectivity index (χ1) is 19.3. The van der Waals surface area contributed by atoms with Gasteiger partial charge in [-0.25, -0.2) is 4.79 Å². The van der Waals surface area contributed by atoms with Crippen molar-refractivity contribution in [2.75, 3.05) is 13.2 Å². The fraction of sp³-hybridized carbons (Fsp3) is 0.323. The van der Waals surface area contributed by atoms with E-state index >= 15 is 8.78 Å². The number of aliphatic carboxylic acids is 1. The summed E-state index contributed by atoms with van der Waals surface area (Å²) in [6, 6.07) is 22.3. The van der Waals surface area contributed by atoms with Gasteiger partial charge in [0, 0.05) is 19.0 Å². The Morgan fingerprint density at radius 2 is 1.50 bits per heavy atom. The SMILES string of the molecule is O=C(O)CCN(Cc1ccccc1)C(=O)C(F)(F)C(NC(=O)OCC1c2ccccc2-c2ccccc21)C1CC1. The summed E-state index contributed by atoms with van der Waals surface area (Å²) in [4.78, 5) is 38.0. The summed E-state index contributed by atoms with van der Waals surface area (Å²) in [6.07, 6.45) is -0.634. The Kier molecular flexibility index (Phi) is 7.82. The molecule has 208 valence electrons. The molecule has 0 spiro atoms. The Labute approximate surface area is 230 Å². The van der Waals surface area contributed by atoms with Gasteiger partial charge in [-0.15, -0.1) is 0 Å². The molecule has 5 rings (SSSR count). The maximum Gasteiger partial charge on any atom is 0.407 e. The smallest absolute Gasteiger partial charge is 0.407 e. The van der Waals surface area contributed by atoms with E-state index in [0.717, 1.165) is 27.2 Å². The number of alkyl halides is 2. The number of carbonyl (C=O) groups excluding carboxylic acids is 2. The number of rotatable bonds is 11. The number of alkyl carbamates (subject to hydrolysis) is 1. The number of amides is 2. The molecule has 1 fully saturated rings. The van der Waals surface area contributed by atoms with Crippen molar-refractivity contribution in [1.29, 1.82) is 0 Å². The van der Waals surface area contributed by atoms with E-state index in [1.807, 2.05) is 48.5 Å². The van der Waals surface area contributed by atoms with Gasteiger partial charge in [-0.05, 0) is 46.6 Å². The van der Waals surface area contributed by atoms with Crippen molar-refractivity contribution in [2.24, 2.45) is 5.92 Å². The Hall–Kier alpha value is -4.27. The highest BCUT2D eigenvalue weighted by Gasteiger charge is 2.56. The van der Waals surface area contributed by atoms with Gasteiger partial charge in [-0.3, -0.25) is 9.59 Å². The standard InChI is InChI=1S/C31H30F2N2O5/c32-31(33,29(38)35(17-16-27(36)37)18-20-8-2-1-3-9-20)28(21-14-15-21)34-30(39)40-19-26-24-12-6-4-10-22(24)23-11-5-7-13-25(23)26/h1-13,21,26,28H,14-19H2,(H,34,39)(H,36,37). The fourth-order valence-corrected chi connectivity index (χ4v) is 5.33. The number of carboxylic acid groups (broad SMARTS) is 1. The van der Waals surface area contributed by atoms with Crippen LogP contribution in [-0.4, -0.2) is 53.1 Å². The third-order valence-electron chi connectivity index (χ3n) is 7.49. The van der Waals surface area contributed by atoms with Crippen LogP contribution in [0.5, 0.6) is 0 Å². The van der Waals surface area contributed by atoms with Gasteiger partial charge in [0.25, 0.3) is 5.91 Å². The van der Waals surface area contributed by atoms with Crippen LogP contribution in [0.3, 0.4) is 0 Å². The molecule has 40 heavy (non-hydrogen) atoms. The second-order valence-corrected chi connectivity index (χ2v) is 10.3. The largest absolute Gasteiger partial charge is 0.481 e. The molecule has 1 saturated carbocycles. The number of carboxylic acids is 1. The van der Waals surface area contributed by atoms with Crippen LogP contribution < -0.4 is 5.32 Å². The number of halogens is 2. The summed E-state index contributed by atoms with van der Waals surface area (Å²) in [5.41, 5.74) is 4.65. The first-order valence-corrected chi connectivity index (χ1v) is 13.3. The van der Waals surface area contributed by atoms with Crippen LogP contribution in [0.4, 0.5) is 13.6 Å². The van der Waals surface area contributed by atoms with Crippen molar-refractivity contribution in [3.05, 3.63) is 95.6 Å². The summed E-state index contributed by atoms with van der Waals surface area (Å²) in [7, 11) is 0. The molecule has 0 aliphatic heterocycles. The van der Waals surface area contributed by atoms with Crippen LogP contribution in [0.25, 0.3) is 11.1 Å². The molecule has 0 saturated heterocycles. The molecule has 1 unspecified atom stereocenters. The third kappa shape index (κ3) is 5.83. The lowest BCUT2D eigenvalue weighted by Gasteiger charge is -2.32. The molecule has 2 N–H and O–H groups in total. The van der Waals surface area contributed by atoms with Gasteiger partial charge in [0.15, 0.2) is 0 Å². The van der Waals surface area contributed by atoms with E-state index in [-0.39, 0.29) is 25.6 Å². The molecule has 0 heterocycles. The zero-order valence-electron chi connectivity index (χ0n) is 21.8. The van der Waals surface area contributed by atoms with Gasteiger partial charge in [0.2, 0.25) is 0 Å². The molecule has 0 aromatic heterocycles. The van der Waals surface area contributed by atoms with E-state index in [9.17, 15) is 14.4 Å². The second kappa shape index (κ2) is 11.5. The minimum atomic E-state index is -3.96. The Bertz CT molecular complexity index is 1350. The average molecular weight is 549 g/mol. The van der Waals surface area contributed by atoms with Crippen LogP contribution in [0, 0.1) is 5.92 Å². The summed E-state index contributed by atoms with van der Waals surface area (Å²) in [5.74, 6) is -7.51. The molecule has 2 aliphatic rings. The number of fused-ring (bicyclic) bond motifs is 3. The Morgan fingerprint density at radius 3 is 2.08 bits per heavy atom. The topological polar surface area (TPSA) is 95.9 Å². The molecular formula is C31H30F2N2O5. The van der Waals surface area contributed by atoms with Crippen LogP contribution in [0.15, 0.2) is 78.9 Å². The van der Waals surface area contributed by atoms with Crippen molar-refractivity contribution in [3.8, 4) is 11.1 Å². The van der Waals surface area contributed by atoms with E-state index in [1.54, 1.807) is 30.3 Å². The van der Waals surface area contributed by atoms with Crippen molar-refractivity contribution in [1.82, 2.24) is 10.2 Å². The van der Waals surface area contributed by atoms with E-state index in [2.05, 4.69) is 5.32 Å². The van der Waals surface area contributed by atoms with Gasteiger partial charge in [-0.1, -0.05) is 78.9 Å². The average Bonchev–Trinajstić information content (AvgIpc) is 3.75. The zero-order chi connectivity index (χ0) is 28.3. The summed E-state index contributed by atoms with van der Waals surface area (Å²) < 4.78 is 36.9. The quantitative estimate of drug-likeness (QED) is 0.333. The van der Waals surface area contributed by atoms with Crippen LogP contribution in [0.1, 0.15) is 41.9 Å². The van der Waals surface area contributed by atoms with Crippen molar-refractivity contribution >= 4 is 18.0 Å². The van der Waals surface area contributed by atoms with Gasteiger partial charge >= 0.3 is 18.0 Å². The first-order valence-electron chi connectivity index (χ1n) is 13.3. The third-order valence-corrected chi connectivity index (χ3v) is 7.49. The van der Waals surface area contributed by atoms with E-state index < -0.39 is 42.3 Å². The maximum absolute atomic E-state index is 15.7. The lowest BCUT2D eigenvalue weighted by atomic mass is 9.98. The number of benzene rings is 3. The first kappa shape index (κ1) is 27.3. The normalized spacial score (nSPS) is 15.1. The number of hydrogen-bond acceptors (Lipinski definition) is 4. The van der Waals surface area contributed by atoms with Crippen molar-refractivity contribution in [3.63, 3.8) is 0 Å². The molecular weight excluding hydrogens is 518 g/mol. The highest BCUT2D eigenvalue weighted by Crippen LogP contribution is 2.45. The minimum absolute atomic E-state index is 0.0461. The van der Waals surface area contributed by atoms with Crippen LogP contribution in [0.2, 0.25) is 0 Å². The predicted molar refractivity (Wildman–Crippen MR) is 144 cm³/mol. The lowest BCUT2D eigenvalue weighted by Crippen LogP contribution is -2.57. The van der Waals surface area contributed by atoms with Gasteiger partial charge in [-0.2, -0.15) is 8.78 Å². The highest BCUT2D eigenvalue weighted by molar-refractivity contribution is 5.86. The maximum atomic E-state index is 15.7. The molecule has 0 radical (unpaired) electrons. The summed E-state index contributed by atoms with van der Waals surface area (Å²) >= 11 is 0. The van der Waals surface area contributed by atoms with Crippen molar-refractivity contribution in [2.45, 2.75) is 43.7 Å². The summed E-state index contributed by atoms with van der Waals surface area (Å²) in [5, 5.41) is 11.4. The number of nitrogens with one attached hydrogen (secondary N) is 1. The predicted octanol–water partition coefficient (Wildman–Crippen LogP) is 5.44. The molecule has 0 bridgehead atoms. The van der Waals surface area contributed by atoms with Gasteiger partial charge < -0.3 is 20.1 Å². The number of ether oxygens (including phenoxy) is 1. The molecule has 3 aromatic rings. The monoisotopic (exact) mass is 548 g/mol. The molecule has 1 atom stereocenters. The summed E-state index contributed by atoms with van der Waals surface area (Å²) in [6.45, 7) is -0.610. The van der Waals surface area contributed by atoms with E-state index in [4.69, 9.17) is 9.84 Å². The number of carbonyl (C=O) groups is 3. The number of nitrogens with zero attached hydrogens (tertiary/aromatic N) is 1. The minimum Gasteiger partial charge on any atom is -0.481 e. The Balaban J connectivity index is 1.29. The van der Waals surface area contributed by atoms with Crippen LogP contribution in [-0.2, 0) is 20.9 Å². The molecule has 2 aliphatic carbocycles. The molecule has 9 heteroatoms. The number of hydrogen-bond donors (Lipinski definition) is 2. The molecule has 2 amide bonds. The van der Waals surface area contributed by atoms with Gasteiger partial charge in [0.1, 0.15) is 12.6 Å². The molecule has 7 nitrogen and oxygen atoms in total. The van der Waals surface area contributed by atoms with E-state index in [0.29, 0.717) is 18.4 Å².